The molecule has 0 aromatic carbocycles. The second kappa shape index (κ2) is 5.21. The second-order valence-electron chi connectivity index (χ2n) is 3.33. The lowest BCUT2D eigenvalue weighted by atomic mass is 10.3. The predicted octanol–water partition coefficient (Wildman–Crippen LogP) is -0.0126. The minimum atomic E-state index is -0.468. The van der Waals surface area contributed by atoms with E-state index in [4.69, 9.17) is 5.53 Å². The molecule has 0 aliphatic carbocycles. The molecule has 0 unspecified atom stereocenters. The van der Waals surface area contributed by atoms with Crippen LogP contribution in [0.25, 0.3) is 10.4 Å². The SMILES string of the molecule is CN1CCN(CCCN=[N+]=[N-])C(=O)C1=O. The van der Waals surface area contributed by atoms with Gasteiger partial charge in [-0.3, -0.25) is 9.59 Å². The van der Waals surface area contributed by atoms with Crippen LogP contribution in [0.5, 0.6) is 0 Å². The second-order valence-corrected chi connectivity index (χ2v) is 3.33. The van der Waals surface area contributed by atoms with Crippen molar-refractivity contribution in [2.24, 2.45) is 5.11 Å². The monoisotopic (exact) mass is 211 g/mol. The molecule has 1 heterocycles. The Bertz CT molecular complexity index is 310. The number of carbonyl (C=O) groups is 2. The van der Waals surface area contributed by atoms with Gasteiger partial charge in [-0.2, -0.15) is 0 Å². The van der Waals surface area contributed by atoms with E-state index >= 15 is 0 Å². The highest BCUT2D eigenvalue weighted by atomic mass is 16.2. The number of hydrogen-bond donors (Lipinski definition) is 0. The molecule has 1 aliphatic rings. The summed E-state index contributed by atoms with van der Waals surface area (Å²) >= 11 is 0. The van der Waals surface area contributed by atoms with Gasteiger partial charge < -0.3 is 9.80 Å². The number of rotatable bonds is 4. The number of amides is 2. The van der Waals surface area contributed by atoms with Gasteiger partial charge in [-0.1, -0.05) is 5.11 Å². The minimum absolute atomic E-state index is 0.351. The van der Waals surface area contributed by atoms with Crippen LogP contribution in [-0.4, -0.2) is 54.8 Å². The van der Waals surface area contributed by atoms with Crippen LogP contribution in [0.3, 0.4) is 0 Å². The zero-order valence-corrected chi connectivity index (χ0v) is 8.59. The van der Waals surface area contributed by atoms with E-state index in [-0.39, 0.29) is 0 Å². The van der Waals surface area contributed by atoms with Gasteiger partial charge in [0.15, 0.2) is 0 Å². The van der Waals surface area contributed by atoms with Crippen LogP contribution in [0, 0.1) is 0 Å². The van der Waals surface area contributed by atoms with E-state index in [9.17, 15) is 9.59 Å². The van der Waals surface area contributed by atoms with Crippen molar-refractivity contribution < 1.29 is 9.59 Å². The van der Waals surface area contributed by atoms with Gasteiger partial charge in [0.25, 0.3) is 0 Å². The van der Waals surface area contributed by atoms with E-state index in [0.717, 1.165) is 0 Å². The molecule has 2 amide bonds. The standard InChI is InChI=1S/C8H13N5O2/c1-12-5-6-13(8(15)7(12)14)4-2-3-10-11-9/h2-6H2,1H3. The summed E-state index contributed by atoms with van der Waals surface area (Å²) in [5.41, 5.74) is 8.05. The van der Waals surface area contributed by atoms with E-state index in [1.165, 1.54) is 9.80 Å². The Morgan fingerprint density at radius 2 is 2.13 bits per heavy atom. The third kappa shape index (κ3) is 2.85. The highest BCUT2D eigenvalue weighted by Crippen LogP contribution is 2.03. The summed E-state index contributed by atoms with van der Waals surface area (Å²) in [7, 11) is 1.61. The largest absolute Gasteiger partial charge is 0.336 e. The maximum Gasteiger partial charge on any atom is 0.312 e. The zero-order valence-electron chi connectivity index (χ0n) is 8.59. The molecule has 0 spiro atoms. The highest BCUT2D eigenvalue weighted by molar-refractivity contribution is 6.35. The molecule has 1 saturated heterocycles. The lowest BCUT2D eigenvalue weighted by Crippen LogP contribution is -2.52. The zero-order chi connectivity index (χ0) is 11.3. The molecule has 0 saturated carbocycles. The normalized spacial score (nSPS) is 16.6. The molecular formula is C8H13N5O2. The Morgan fingerprint density at radius 3 is 2.80 bits per heavy atom. The molecule has 0 bridgehead atoms. The van der Waals surface area contributed by atoms with Crippen LogP contribution in [0.4, 0.5) is 0 Å². The molecular weight excluding hydrogens is 198 g/mol. The van der Waals surface area contributed by atoms with Crippen molar-refractivity contribution in [2.45, 2.75) is 6.42 Å². The number of nitrogens with zero attached hydrogens (tertiary/aromatic N) is 5. The molecule has 1 fully saturated rings. The van der Waals surface area contributed by atoms with Crippen LogP contribution < -0.4 is 0 Å². The van der Waals surface area contributed by atoms with Crippen LogP contribution in [0.2, 0.25) is 0 Å². The van der Waals surface area contributed by atoms with E-state index < -0.39 is 11.8 Å². The fourth-order valence-corrected chi connectivity index (χ4v) is 1.36. The minimum Gasteiger partial charge on any atom is -0.336 e. The van der Waals surface area contributed by atoms with Crippen molar-refractivity contribution in [3.05, 3.63) is 10.4 Å². The fourth-order valence-electron chi connectivity index (χ4n) is 1.36. The summed E-state index contributed by atoms with van der Waals surface area (Å²) in [6.07, 6.45) is 0.590. The van der Waals surface area contributed by atoms with Crippen LogP contribution >= 0.6 is 0 Å². The van der Waals surface area contributed by atoms with E-state index in [1.807, 2.05) is 0 Å². The molecule has 1 aliphatic heterocycles. The first kappa shape index (κ1) is 11.3. The molecule has 15 heavy (non-hydrogen) atoms. The van der Waals surface area contributed by atoms with Crippen LogP contribution in [0.1, 0.15) is 6.42 Å². The summed E-state index contributed by atoms with van der Waals surface area (Å²) < 4.78 is 0. The molecule has 0 atom stereocenters. The van der Waals surface area contributed by atoms with Crippen molar-refractivity contribution in [1.82, 2.24) is 9.80 Å². The van der Waals surface area contributed by atoms with Crippen molar-refractivity contribution in [2.75, 3.05) is 33.2 Å². The fraction of sp³-hybridized carbons (Fsp3) is 0.750. The van der Waals surface area contributed by atoms with Crippen molar-refractivity contribution >= 4 is 11.8 Å². The van der Waals surface area contributed by atoms with E-state index in [0.29, 0.717) is 32.6 Å². The van der Waals surface area contributed by atoms with Crippen LogP contribution in [-0.2, 0) is 9.59 Å². The first-order valence-corrected chi connectivity index (χ1v) is 4.72. The number of piperazine rings is 1. The number of hydrogen-bond acceptors (Lipinski definition) is 3. The van der Waals surface area contributed by atoms with Gasteiger partial charge in [0.2, 0.25) is 0 Å². The van der Waals surface area contributed by atoms with Gasteiger partial charge in [0, 0.05) is 38.1 Å². The van der Waals surface area contributed by atoms with Gasteiger partial charge in [0.05, 0.1) is 0 Å². The van der Waals surface area contributed by atoms with Crippen LogP contribution in [0.15, 0.2) is 5.11 Å². The highest BCUT2D eigenvalue weighted by Gasteiger charge is 2.29. The summed E-state index contributed by atoms with van der Waals surface area (Å²) in [5, 5.41) is 3.36. The quantitative estimate of drug-likeness (QED) is 0.215. The topological polar surface area (TPSA) is 89.4 Å². The molecule has 0 N–H and O–H groups in total. The molecule has 7 nitrogen and oxygen atoms in total. The Kier molecular flexibility index (Phi) is 3.93. The lowest BCUT2D eigenvalue weighted by molar-refractivity contribution is -0.154. The maximum absolute atomic E-state index is 11.4. The molecule has 0 radical (unpaired) electrons. The Balaban J connectivity index is 2.39. The average Bonchev–Trinajstić information content (AvgIpc) is 2.24. The van der Waals surface area contributed by atoms with Gasteiger partial charge >= 0.3 is 11.8 Å². The van der Waals surface area contributed by atoms with Gasteiger partial charge in [-0.25, -0.2) is 0 Å². The van der Waals surface area contributed by atoms with Gasteiger partial charge in [-0.15, -0.1) is 0 Å². The lowest BCUT2D eigenvalue weighted by Gasteiger charge is -2.31. The average molecular weight is 211 g/mol. The maximum atomic E-state index is 11.4. The first-order chi connectivity index (χ1) is 7.16. The van der Waals surface area contributed by atoms with Crippen molar-refractivity contribution in [1.29, 1.82) is 0 Å². The Hall–Kier alpha value is -1.75. The first-order valence-electron chi connectivity index (χ1n) is 4.72. The molecule has 82 valence electrons. The van der Waals surface area contributed by atoms with Crippen molar-refractivity contribution in [3.63, 3.8) is 0 Å². The predicted molar refractivity (Wildman–Crippen MR) is 52.8 cm³/mol. The van der Waals surface area contributed by atoms with Crippen molar-refractivity contribution in [3.8, 4) is 0 Å². The molecule has 0 aromatic heterocycles. The van der Waals surface area contributed by atoms with E-state index in [1.54, 1.807) is 7.05 Å². The Labute approximate surface area is 87.3 Å². The number of azide groups is 1. The number of likely N-dealkylation sites (N-methyl/N-ethyl adjacent to an activating group) is 1. The summed E-state index contributed by atoms with van der Waals surface area (Å²) in [6, 6.07) is 0. The summed E-state index contributed by atoms with van der Waals surface area (Å²) in [4.78, 5) is 28.2. The molecule has 0 aromatic rings. The smallest absolute Gasteiger partial charge is 0.312 e. The molecule has 1 rings (SSSR count). The van der Waals surface area contributed by atoms with E-state index in [2.05, 4.69) is 10.0 Å². The third-order valence-corrected chi connectivity index (χ3v) is 2.27. The number of carbonyl (C=O) groups excluding carboxylic acids is 2. The van der Waals surface area contributed by atoms with Gasteiger partial charge in [0.1, 0.15) is 0 Å². The Morgan fingerprint density at radius 1 is 1.40 bits per heavy atom. The summed E-state index contributed by atoms with van der Waals surface area (Å²) in [5.74, 6) is -0.935. The van der Waals surface area contributed by atoms with Gasteiger partial charge in [-0.05, 0) is 12.0 Å². The summed E-state index contributed by atoms with van der Waals surface area (Å²) in [6.45, 7) is 1.94. The third-order valence-electron chi connectivity index (χ3n) is 2.27. The molecule has 7 heteroatoms.